The third-order valence-electron chi connectivity index (χ3n) is 5.02. The molecule has 3 atom stereocenters. The Hall–Kier alpha value is -2.71. The number of hydrogen-bond acceptors (Lipinski definition) is 6. The zero-order valence-electron chi connectivity index (χ0n) is 18.4. The average Bonchev–Trinajstić information content (AvgIpc) is 2.75. The van der Waals surface area contributed by atoms with Crippen molar-refractivity contribution in [3.8, 4) is 0 Å². The van der Waals surface area contributed by atoms with Gasteiger partial charge in [-0.2, -0.15) is 0 Å². The van der Waals surface area contributed by atoms with Crippen LogP contribution in [0.25, 0.3) is 0 Å². The first-order valence-electron chi connectivity index (χ1n) is 10.7. The van der Waals surface area contributed by atoms with Crippen molar-refractivity contribution < 1.29 is 24.2 Å². The molecule has 31 heavy (non-hydrogen) atoms. The highest BCUT2D eigenvalue weighted by atomic mass is 16.5. The Bertz CT molecular complexity index is 793. The lowest BCUT2D eigenvalue weighted by atomic mass is 9.95. The number of carbonyl (C=O) groups is 3. The third kappa shape index (κ3) is 7.80. The van der Waals surface area contributed by atoms with Crippen LogP contribution in [0.5, 0.6) is 0 Å². The van der Waals surface area contributed by atoms with Gasteiger partial charge in [0.2, 0.25) is 11.8 Å². The van der Waals surface area contributed by atoms with Crippen molar-refractivity contribution in [2.45, 2.75) is 58.3 Å². The third-order valence-corrected chi connectivity index (χ3v) is 5.02. The molecule has 170 valence electrons. The van der Waals surface area contributed by atoms with Gasteiger partial charge in [0.25, 0.3) is 0 Å². The number of esters is 1. The monoisotopic (exact) mass is 431 g/mol. The fourth-order valence-corrected chi connectivity index (χ4v) is 3.47. The van der Waals surface area contributed by atoms with Crippen molar-refractivity contribution in [1.82, 2.24) is 16.0 Å². The average molecular weight is 432 g/mol. The molecule has 1 aromatic carbocycles. The summed E-state index contributed by atoms with van der Waals surface area (Å²) in [6.45, 7) is 6.01. The molecule has 1 aliphatic heterocycles. The standard InChI is InChI=1S/C23H33N3O5/c1-4-31-21(28)10-9-18(11-15(2)3)25-23(30)20(14-27)26-22(29)19-12-16-7-5-6-8-17(16)13-24-19/h5-10,15,18-20,24,27H,4,11-14H2,1-3H3,(H,25,30)(H,26,29)/b10-9+/t18-,19+,20+/m1/s1. The summed E-state index contributed by atoms with van der Waals surface area (Å²) in [4.78, 5) is 37.0. The van der Waals surface area contributed by atoms with Crippen LogP contribution in [0.2, 0.25) is 0 Å². The second kappa shape index (κ2) is 12.2. The number of nitrogens with one attached hydrogen (secondary N) is 3. The van der Waals surface area contributed by atoms with Gasteiger partial charge in [-0.25, -0.2) is 4.79 Å². The van der Waals surface area contributed by atoms with E-state index in [-0.39, 0.29) is 18.4 Å². The molecule has 0 aromatic heterocycles. The molecule has 4 N–H and O–H groups in total. The van der Waals surface area contributed by atoms with Gasteiger partial charge in [0, 0.05) is 18.7 Å². The van der Waals surface area contributed by atoms with Crippen molar-refractivity contribution in [3.05, 3.63) is 47.5 Å². The number of carbonyl (C=O) groups excluding carboxylic acids is 3. The first-order chi connectivity index (χ1) is 14.8. The van der Waals surface area contributed by atoms with Crippen LogP contribution in [0.15, 0.2) is 36.4 Å². The number of fused-ring (bicyclic) bond motifs is 1. The first kappa shape index (κ1) is 24.6. The summed E-state index contributed by atoms with van der Waals surface area (Å²) in [7, 11) is 0. The van der Waals surface area contributed by atoms with Crippen molar-refractivity contribution in [1.29, 1.82) is 0 Å². The number of aliphatic hydroxyl groups is 1. The largest absolute Gasteiger partial charge is 0.463 e. The van der Waals surface area contributed by atoms with Gasteiger partial charge in [0.1, 0.15) is 6.04 Å². The molecule has 0 bridgehead atoms. The fraction of sp³-hybridized carbons (Fsp3) is 0.522. The summed E-state index contributed by atoms with van der Waals surface area (Å²) in [5.74, 6) is -1.08. The number of aliphatic hydroxyl groups excluding tert-OH is 1. The fourth-order valence-electron chi connectivity index (χ4n) is 3.47. The number of benzene rings is 1. The Kier molecular flexibility index (Phi) is 9.68. The molecule has 0 fully saturated rings. The minimum Gasteiger partial charge on any atom is -0.463 e. The molecule has 0 unspecified atom stereocenters. The molecule has 0 radical (unpaired) electrons. The van der Waals surface area contributed by atoms with Gasteiger partial charge in [-0.05, 0) is 36.8 Å². The van der Waals surface area contributed by atoms with Crippen molar-refractivity contribution in [2.24, 2.45) is 5.92 Å². The van der Waals surface area contributed by atoms with Crippen LogP contribution < -0.4 is 16.0 Å². The molecule has 8 nitrogen and oxygen atoms in total. The zero-order chi connectivity index (χ0) is 22.8. The van der Waals surface area contributed by atoms with E-state index in [1.807, 2.05) is 38.1 Å². The van der Waals surface area contributed by atoms with E-state index in [0.29, 0.717) is 19.4 Å². The SMILES string of the molecule is CCOC(=O)/C=C/[C@H](CC(C)C)NC(=O)[C@H](CO)NC(=O)[C@@H]1Cc2ccccc2CN1. The van der Waals surface area contributed by atoms with E-state index in [1.165, 1.54) is 6.08 Å². The molecule has 1 aliphatic rings. The maximum absolute atomic E-state index is 12.7. The Morgan fingerprint density at radius 1 is 1.23 bits per heavy atom. The van der Waals surface area contributed by atoms with Crippen LogP contribution >= 0.6 is 0 Å². The zero-order valence-corrected chi connectivity index (χ0v) is 18.4. The Labute approximate surface area is 183 Å². The predicted octanol–water partition coefficient (Wildman–Crippen LogP) is 0.828. The van der Waals surface area contributed by atoms with Crippen LogP contribution in [0.3, 0.4) is 0 Å². The summed E-state index contributed by atoms with van der Waals surface area (Å²) in [6.07, 6.45) is 3.97. The molecule has 0 saturated carbocycles. The number of amides is 2. The Morgan fingerprint density at radius 3 is 2.58 bits per heavy atom. The lowest BCUT2D eigenvalue weighted by molar-refractivity contribution is -0.137. The van der Waals surface area contributed by atoms with E-state index >= 15 is 0 Å². The number of ether oxygens (including phenoxy) is 1. The summed E-state index contributed by atoms with van der Waals surface area (Å²) in [6, 6.07) is 5.89. The molecule has 2 rings (SSSR count). The molecular weight excluding hydrogens is 398 g/mol. The molecule has 2 amide bonds. The molecule has 0 saturated heterocycles. The van der Waals surface area contributed by atoms with Gasteiger partial charge >= 0.3 is 5.97 Å². The van der Waals surface area contributed by atoms with E-state index in [9.17, 15) is 19.5 Å². The van der Waals surface area contributed by atoms with E-state index < -0.39 is 36.6 Å². The Morgan fingerprint density at radius 2 is 1.94 bits per heavy atom. The normalized spacial score (nSPS) is 17.6. The van der Waals surface area contributed by atoms with Crippen molar-refractivity contribution >= 4 is 17.8 Å². The van der Waals surface area contributed by atoms with Crippen LogP contribution in [0.4, 0.5) is 0 Å². The van der Waals surface area contributed by atoms with E-state index in [2.05, 4.69) is 16.0 Å². The molecule has 0 spiro atoms. The van der Waals surface area contributed by atoms with Crippen LogP contribution in [-0.2, 0) is 32.1 Å². The van der Waals surface area contributed by atoms with Gasteiger partial charge < -0.3 is 25.8 Å². The lowest BCUT2D eigenvalue weighted by Gasteiger charge is -2.27. The summed E-state index contributed by atoms with van der Waals surface area (Å²) < 4.78 is 4.87. The number of rotatable bonds is 10. The highest BCUT2D eigenvalue weighted by Crippen LogP contribution is 2.16. The Balaban J connectivity index is 1.97. The second-order valence-electron chi connectivity index (χ2n) is 8.01. The molecule has 8 heteroatoms. The first-order valence-corrected chi connectivity index (χ1v) is 10.7. The van der Waals surface area contributed by atoms with Crippen LogP contribution in [-0.4, -0.2) is 54.2 Å². The second-order valence-corrected chi connectivity index (χ2v) is 8.01. The lowest BCUT2D eigenvalue weighted by Crippen LogP contribution is -2.56. The van der Waals surface area contributed by atoms with Crippen LogP contribution in [0.1, 0.15) is 38.3 Å². The van der Waals surface area contributed by atoms with E-state index in [1.54, 1.807) is 13.0 Å². The van der Waals surface area contributed by atoms with Gasteiger partial charge in [0.15, 0.2) is 0 Å². The molecule has 0 aliphatic carbocycles. The molecule has 1 heterocycles. The highest BCUT2D eigenvalue weighted by molar-refractivity contribution is 5.90. The van der Waals surface area contributed by atoms with Gasteiger partial charge in [-0.3, -0.25) is 9.59 Å². The predicted molar refractivity (Wildman–Crippen MR) is 117 cm³/mol. The topological polar surface area (TPSA) is 117 Å². The summed E-state index contributed by atoms with van der Waals surface area (Å²) in [5, 5.41) is 18.3. The molecular formula is C23H33N3O5. The maximum Gasteiger partial charge on any atom is 0.330 e. The highest BCUT2D eigenvalue weighted by Gasteiger charge is 2.28. The van der Waals surface area contributed by atoms with Gasteiger partial charge in [-0.1, -0.05) is 44.2 Å². The smallest absolute Gasteiger partial charge is 0.330 e. The van der Waals surface area contributed by atoms with Crippen molar-refractivity contribution in [2.75, 3.05) is 13.2 Å². The minimum absolute atomic E-state index is 0.255. The number of hydrogen-bond donors (Lipinski definition) is 4. The van der Waals surface area contributed by atoms with E-state index in [4.69, 9.17) is 4.74 Å². The van der Waals surface area contributed by atoms with Crippen LogP contribution in [0, 0.1) is 5.92 Å². The molecule has 1 aromatic rings. The van der Waals surface area contributed by atoms with E-state index in [0.717, 1.165) is 11.1 Å². The van der Waals surface area contributed by atoms with Gasteiger partial charge in [0.05, 0.1) is 19.3 Å². The van der Waals surface area contributed by atoms with Crippen molar-refractivity contribution in [3.63, 3.8) is 0 Å². The van der Waals surface area contributed by atoms with Gasteiger partial charge in [-0.15, -0.1) is 0 Å². The summed E-state index contributed by atoms with van der Waals surface area (Å²) in [5.41, 5.74) is 2.24. The maximum atomic E-state index is 12.7. The summed E-state index contributed by atoms with van der Waals surface area (Å²) >= 11 is 0. The quantitative estimate of drug-likeness (QED) is 0.322. The minimum atomic E-state index is -1.09.